The van der Waals surface area contributed by atoms with Gasteiger partial charge < -0.3 is 0 Å². The molecule has 0 aliphatic heterocycles. The second-order valence-corrected chi connectivity index (χ2v) is 3.43. The van der Waals surface area contributed by atoms with E-state index >= 15 is 0 Å². The summed E-state index contributed by atoms with van der Waals surface area (Å²) in [4.78, 5) is 2.61. The smallest absolute Gasteiger partial charge is 0.144 e. The Bertz CT molecular complexity index is 338. The van der Waals surface area contributed by atoms with Gasteiger partial charge in [-0.05, 0) is 31.2 Å². The van der Waals surface area contributed by atoms with E-state index < -0.39 is 5.41 Å². The second kappa shape index (κ2) is 8.35. The normalized spacial score (nSPS) is 10.4. The van der Waals surface area contributed by atoms with Gasteiger partial charge in [0.05, 0.1) is 12.1 Å². The highest BCUT2D eigenvalue weighted by Crippen LogP contribution is 2.26. The van der Waals surface area contributed by atoms with Crippen LogP contribution in [0.2, 0.25) is 0 Å². The van der Waals surface area contributed by atoms with Gasteiger partial charge in [0.15, 0.2) is 0 Å². The molecule has 0 radical (unpaired) electrons. The summed E-state index contributed by atoms with van der Waals surface area (Å²) < 4.78 is 0. The van der Waals surface area contributed by atoms with Crippen molar-refractivity contribution in [2.75, 3.05) is 6.54 Å². The summed E-state index contributed by atoms with van der Waals surface area (Å²) in [5.41, 5.74) is 7.11. The molecule has 0 amide bonds. The summed E-state index contributed by atoms with van der Waals surface area (Å²) in [5, 5.41) is 21.4. The molecule has 0 saturated heterocycles. The minimum atomic E-state index is -1.02. The zero-order valence-corrected chi connectivity index (χ0v) is 9.43. The van der Waals surface area contributed by atoms with Gasteiger partial charge in [-0.25, -0.2) is 0 Å². The second-order valence-electron chi connectivity index (χ2n) is 3.43. The van der Waals surface area contributed by atoms with Gasteiger partial charge in [-0.2, -0.15) is 10.5 Å². The number of rotatable bonds is 7. The van der Waals surface area contributed by atoms with Crippen molar-refractivity contribution >= 4 is 0 Å². The first-order valence-corrected chi connectivity index (χ1v) is 5.23. The van der Waals surface area contributed by atoms with E-state index in [1.807, 2.05) is 31.2 Å². The lowest BCUT2D eigenvalue weighted by atomic mass is 9.83. The van der Waals surface area contributed by atoms with Gasteiger partial charge in [0, 0.05) is 11.5 Å². The molecule has 0 bridgehead atoms. The predicted octanol–water partition coefficient (Wildman–Crippen LogP) is 3.47. The van der Waals surface area contributed by atoms with Gasteiger partial charge in [-0.1, -0.05) is 24.2 Å². The number of nitriles is 2. The first-order chi connectivity index (χ1) is 7.74. The monoisotopic (exact) mass is 217 g/mol. The van der Waals surface area contributed by atoms with E-state index in [0.717, 1.165) is 6.42 Å². The molecule has 0 aromatic heterocycles. The maximum atomic E-state index is 9.00. The molecule has 0 heterocycles. The molecule has 84 valence electrons. The molecule has 0 aromatic rings. The summed E-state index contributed by atoms with van der Waals surface area (Å²) in [6, 6.07) is 4.05. The van der Waals surface area contributed by atoms with E-state index in [4.69, 9.17) is 16.1 Å². The molecule has 5 heteroatoms. The van der Waals surface area contributed by atoms with E-state index in [2.05, 4.69) is 10.0 Å². The summed E-state index contributed by atoms with van der Waals surface area (Å²) in [7, 11) is 0. The first kappa shape index (κ1) is 14.0. The lowest BCUT2D eigenvalue weighted by molar-refractivity contribution is 0.449. The molecule has 0 aliphatic rings. The fourth-order valence-corrected chi connectivity index (χ4v) is 1.27. The highest BCUT2D eigenvalue weighted by atomic mass is 15.1. The Morgan fingerprint density at radius 2 is 2.00 bits per heavy atom. The molecule has 0 atom stereocenters. The highest BCUT2D eigenvalue weighted by molar-refractivity contribution is 5.14. The summed E-state index contributed by atoms with van der Waals surface area (Å²) in [5.74, 6) is 0. The van der Waals surface area contributed by atoms with Crippen molar-refractivity contribution in [3.63, 3.8) is 0 Å². The van der Waals surface area contributed by atoms with E-state index in [9.17, 15) is 0 Å². The molecule has 5 nitrogen and oxygen atoms in total. The summed E-state index contributed by atoms with van der Waals surface area (Å²) in [6.45, 7) is 2.22. The van der Waals surface area contributed by atoms with Crippen LogP contribution in [0.4, 0.5) is 0 Å². The Morgan fingerprint density at radius 1 is 1.31 bits per heavy atom. The van der Waals surface area contributed by atoms with Crippen LogP contribution >= 0.6 is 0 Å². The van der Waals surface area contributed by atoms with Gasteiger partial charge in [-0.15, -0.1) is 0 Å². The molecule has 0 saturated carbocycles. The zero-order valence-electron chi connectivity index (χ0n) is 9.43. The fraction of sp³-hybridized carbons (Fsp3) is 0.636. The number of allylic oxidation sites excluding steroid dienone is 2. The largest absolute Gasteiger partial charge is 0.197 e. The van der Waals surface area contributed by atoms with E-state index in [-0.39, 0.29) is 6.54 Å². The van der Waals surface area contributed by atoms with Crippen LogP contribution in [0.15, 0.2) is 17.3 Å². The third-order valence-electron chi connectivity index (χ3n) is 2.27. The molecule has 0 rings (SSSR count). The standard InChI is InChI=1S/C11H15N5/c1-2-3-4-5-6-11(9-12,10-13)7-8-15-16-14/h3-4H,2,5-8H2,1H3/b4-3+. The van der Waals surface area contributed by atoms with E-state index in [1.54, 1.807) is 0 Å². The molecule has 0 spiro atoms. The third kappa shape index (κ3) is 5.05. The Labute approximate surface area is 95.6 Å². The van der Waals surface area contributed by atoms with Crippen LogP contribution in [0.1, 0.15) is 32.6 Å². The van der Waals surface area contributed by atoms with Crippen molar-refractivity contribution in [1.82, 2.24) is 0 Å². The maximum absolute atomic E-state index is 9.00. The van der Waals surface area contributed by atoms with Gasteiger partial charge in [0.25, 0.3) is 0 Å². The first-order valence-electron chi connectivity index (χ1n) is 5.23. The summed E-state index contributed by atoms with van der Waals surface area (Å²) >= 11 is 0. The van der Waals surface area contributed by atoms with Gasteiger partial charge >= 0.3 is 0 Å². The number of hydrogen-bond donors (Lipinski definition) is 0. The molecular weight excluding hydrogens is 202 g/mol. The number of azide groups is 1. The number of nitrogens with zero attached hydrogens (tertiary/aromatic N) is 5. The predicted molar refractivity (Wildman–Crippen MR) is 61.0 cm³/mol. The van der Waals surface area contributed by atoms with Crippen molar-refractivity contribution in [3.8, 4) is 12.1 Å². The average Bonchev–Trinajstić information content (AvgIpc) is 2.33. The Morgan fingerprint density at radius 3 is 2.50 bits per heavy atom. The topological polar surface area (TPSA) is 96.3 Å². The van der Waals surface area contributed by atoms with Crippen molar-refractivity contribution in [3.05, 3.63) is 22.6 Å². The minimum Gasteiger partial charge on any atom is -0.197 e. The Balaban J connectivity index is 4.35. The molecular formula is C11H15N5. The lowest BCUT2D eigenvalue weighted by Crippen LogP contribution is -2.17. The van der Waals surface area contributed by atoms with Gasteiger partial charge in [0.2, 0.25) is 0 Å². The maximum Gasteiger partial charge on any atom is 0.144 e. The Kier molecular flexibility index (Phi) is 7.32. The molecule has 0 N–H and O–H groups in total. The van der Waals surface area contributed by atoms with Crippen LogP contribution in [-0.2, 0) is 0 Å². The molecule has 0 aliphatic carbocycles. The van der Waals surface area contributed by atoms with Gasteiger partial charge in [-0.3, -0.25) is 0 Å². The average molecular weight is 217 g/mol. The quantitative estimate of drug-likeness (QED) is 0.282. The van der Waals surface area contributed by atoms with Crippen molar-refractivity contribution < 1.29 is 0 Å². The van der Waals surface area contributed by atoms with Crippen LogP contribution in [0.3, 0.4) is 0 Å². The summed E-state index contributed by atoms with van der Waals surface area (Å²) in [6.07, 6.45) is 6.40. The lowest BCUT2D eigenvalue weighted by Gasteiger charge is -2.15. The molecule has 16 heavy (non-hydrogen) atoms. The van der Waals surface area contributed by atoms with Crippen LogP contribution in [0.25, 0.3) is 10.4 Å². The van der Waals surface area contributed by atoms with Crippen LogP contribution in [-0.4, -0.2) is 6.54 Å². The van der Waals surface area contributed by atoms with Crippen LogP contribution in [0, 0.1) is 28.1 Å². The van der Waals surface area contributed by atoms with Crippen molar-refractivity contribution in [1.29, 1.82) is 10.5 Å². The van der Waals surface area contributed by atoms with Crippen LogP contribution < -0.4 is 0 Å². The third-order valence-corrected chi connectivity index (χ3v) is 2.27. The molecule has 0 fully saturated rings. The molecule has 0 unspecified atom stereocenters. The highest BCUT2D eigenvalue weighted by Gasteiger charge is 2.28. The van der Waals surface area contributed by atoms with E-state index in [0.29, 0.717) is 19.3 Å². The van der Waals surface area contributed by atoms with E-state index in [1.165, 1.54) is 0 Å². The zero-order chi connectivity index (χ0) is 12.3. The SMILES string of the molecule is CC/C=C/CCC(C#N)(C#N)CCN=[N+]=[N-]. The van der Waals surface area contributed by atoms with Crippen LogP contribution in [0.5, 0.6) is 0 Å². The fourth-order valence-electron chi connectivity index (χ4n) is 1.27. The Hall–Kier alpha value is -1.97. The minimum absolute atomic E-state index is 0.190. The molecule has 0 aromatic carbocycles. The van der Waals surface area contributed by atoms with Crippen molar-refractivity contribution in [2.45, 2.75) is 32.6 Å². The van der Waals surface area contributed by atoms with Crippen molar-refractivity contribution in [2.24, 2.45) is 10.5 Å². The number of hydrogen-bond acceptors (Lipinski definition) is 3. The van der Waals surface area contributed by atoms with Gasteiger partial charge in [0.1, 0.15) is 5.41 Å².